The second kappa shape index (κ2) is 5.69. The van der Waals surface area contributed by atoms with E-state index in [2.05, 4.69) is 5.32 Å². The van der Waals surface area contributed by atoms with E-state index < -0.39 is 5.60 Å². The molecule has 21 heavy (non-hydrogen) atoms. The largest absolute Gasteiger partial charge is 0.466 e. The van der Waals surface area contributed by atoms with Crippen LogP contribution >= 0.6 is 0 Å². The lowest BCUT2D eigenvalue weighted by molar-refractivity contribution is 0.0330. The molecule has 0 aliphatic rings. The monoisotopic (exact) mass is 291 g/mol. The molecule has 1 heterocycles. The molecule has 2 rings (SSSR count). The van der Waals surface area contributed by atoms with Gasteiger partial charge in [0, 0.05) is 5.56 Å². The predicted molar refractivity (Wildman–Crippen MR) is 76.5 cm³/mol. The lowest BCUT2D eigenvalue weighted by atomic mass is 10.0. The number of nitrogens with one attached hydrogen (secondary N) is 1. The van der Waals surface area contributed by atoms with Gasteiger partial charge in [0.2, 0.25) is 0 Å². The zero-order chi connectivity index (χ0) is 15.6. The van der Waals surface area contributed by atoms with Crippen molar-refractivity contribution in [3.8, 4) is 0 Å². The summed E-state index contributed by atoms with van der Waals surface area (Å²) >= 11 is 0. The van der Waals surface area contributed by atoms with Crippen molar-refractivity contribution >= 4 is 5.91 Å². The molecule has 0 radical (unpaired) electrons. The summed E-state index contributed by atoms with van der Waals surface area (Å²) in [5, 5.41) is 12.9. The topological polar surface area (TPSA) is 62.5 Å². The van der Waals surface area contributed by atoms with E-state index in [9.17, 15) is 14.3 Å². The minimum atomic E-state index is -1.30. The highest BCUT2D eigenvalue weighted by atomic mass is 19.1. The summed E-state index contributed by atoms with van der Waals surface area (Å²) in [7, 11) is 0. The molecule has 4 nitrogen and oxygen atoms in total. The first kappa shape index (κ1) is 15.3. The van der Waals surface area contributed by atoms with Gasteiger partial charge < -0.3 is 14.8 Å². The van der Waals surface area contributed by atoms with Gasteiger partial charge in [-0.3, -0.25) is 4.79 Å². The molecule has 0 aliphatic heterocycles. The maximum absolute atomic E-state index is 13.6. The van der Waals surface area contributed by atoms with Crippen LogP contribution in [0.3, 0.4) is 0 Å². The number of benzene rings is 1. The van der Waals surface area contributed by atoms with Gasteiger partial charge in [-0.05, 0) is 56.2 Å². The Balaban J connectivity index is 2.09. The van der Waals surface area contributed by atoms with E-state index in [1.165, 1.54) is 18.4 Å². The van der Waals surface area contributed by atoms with E-state index in [-0.39, 0.29) is 18.3 Å². The maximum atomic E-state index is 13.6. The molecule has 2 N–H and O–H groups in total. The minimum Gasteiger partial charge on any atom is -0.466 e. The number of aliphatic hydroxyl groups is 1. The van der Waals surface area contributed by atoms with Crippen molar-refractivity contribution in [3.05, 3.63) is 58.8 Å². The molecule has 2 aromatic rings. The van der Waals surface area contributed by atoms with Gasteiger partial charge in [-0.1, -0.05) is 0 Å². The molecule has 0 bridgehead atoms. The van der Waals surface area contributed by atoms with Crippen LogP contribution in [0.2, 0.25) is 0 Å². The average Bonchev–Trinajstić information content (AvgIpc) is 2.96. The van der Waals surface area contributed by atoms with Gasteiger partial charge in [0.1, 0.15) is 17.2 Å². The van der Waals surface area contributed by atoms with Gasteiger partial charge in [0.25, 0.3) is 5.91 Å². The highest BCUT2D eigenvalue weighted by Gasteiger charge is 2.27. The average molecular weight is 291 g/mol. The van der Waals surface area contributed by atoms with Gasteiger partial charge >= 0.3 is 0 Å². The van der Waals surface area contributed by atoms with Gasteiger partial charge in [-0.2, -0.15) is 0 Å². The Morgan fingerprint density at radius 3 is 2.52 bits per heavy atom. The Bertz CT molecular complexity index is 625. The zero-order valence-corrected chi connectivity index (χ0v) is 12.2. The van der Waals surface area contributed by atoms with Crippen LogP contribution in [0, 0.1) is 19.7 Å². The first-order valence-electron chi connectivity index (χ1n) is 6.62. The van der Waals surface area contributed by atoms with E-state index in [0.717, 1.165) is 0 Å². The number of rotatable bonds is 4. The Morgan fingerprint density at radius 1 is 1.38 bits per heavy atom. The van der Waals surface area contributed by atoms with E-state index >= 15 is 0 Å². The number of carbonyl (C=O) groups is 1. The third-order valence-corrected chi connectivity index (χ3v) is 3.34. The Morgan fingerprint density at radius 2 is 2.00 bits per heavy atom. The fourth-order valence-electron chi connectivity index (χ4n) is 2.10. The molecule has 1 amide bonds. The molecule has 0 aliphatic carbocycles. The van der Waals surface area contributed by atoms with Crippen LogP contribution in [0.1, 0.15) is 34.2 Å². The normalized spacial score (nSPS) is 13.8. The molecule has 0 spiro atoms. The molecular formula is C16H18FNO3. The summed E-state index contributed by atoms with van der Waals surface area (Å²) in [5.74, 6) is -0.309. The maximum Gasteiger partial charge on any atom is 0.251 e. The second-order valence-electron chi connectivity index (χ2n) is 5.36. The molecule has 1 aromatic carbocycles. The molecule has 0 saturated carbocycles. The van der Waals surface area contributed by atoms with Crippen molar-refractivity contribution in [2.45, 2.75) is 26.4 Å². The molecular weight excluding hydrogens is 273 g/mol. The van der Waals surface area contributed by atoms with Crippen LogP contribution in [0.4, 0.5) is 4.39 Å². The summed E-state index contributed by atoms with van der Waals surface area (Å²) in [6.07, 6.45) is 1.46. The molecule has 1 unspecified atom stereocenters. The summed E-state index contributed by atoms with van der Waals surface area (Å²) in [6.45, 7) is 4.76. The van der Waals surface area contributed by atoms with Crippen molar-refractivity contribution in [1.29, 1.82) is 0 Å². The number of amides is 1. The quantitative estimate of drug-likeness (QED) is 0.910. The standard InChI is InChI=1S/C16H18FNO3/c1-10-7-12(8-11(2)14(10)17)15(19)18-9-16(3,20)13-5-4-6-21-13/h4-8,20H,9H2,1-3H3,(H,18,19). The van der Waals surface area contributed by atoms with E-state index in [4.69, 9.17) is 4.42 Å². The van der Waals surface area contributed by atoms with Crippen molar-refractivity contribution < 1.29 is 18.7 Å². The molecule has 5 heteroatoms. The Labute approximate surface area is 122 Å². The van der Waals surface area contributed by atoms with Crippen LogP contribution in [-0.2, 0) is 5.60 Å². The van der Waals surface area contributed by atoms with Gasteiger partial charge in [-0.25, -0.2) is 4.39 Å². The first-order valence-corrected chi connectivity index (χ1v) is 6.62. The molecule has 0 saturated heterocycles. The van der Waals surface area contributed by atoms with Gasteiger partial charge in [0.15, 0.2) is 0 Å². The van der Waals surface area contributed by atoms with Crippen LogP contribution in [0.15, 0.2) is 34.9 Å². The van der Waals surface area contributed by atoms with Crippen molar-refractivity contribution in [3.63, 3.8) is 0 Å². The number of aryl methyl sites for hydroxylation is 2. The van der Waals surface area contributed by atoms with E-state index in [0.29, 0.717) is 22.5 Å². The minimum absolute atomic E-state index is 0.00514. The van der Waals surface area contributed by atoms with Crippen LogP contribution in [0.25, 0.3) is 0 Å². The lowest BCUT2D eigenvalue weighted by Crippen LogP contribution is -2.38. The Kier molecular flexibility index (Phi) is 4.14. The highest BCUT2D eigenvalue weighted by molar-refractivity contribution is 5.94. The first-order chi connectivity index (χ1) is 9.81. The molecule has 0 fully saturated rings. The van der Waals surface area contributed by atoms with Crippen LogP contribution in [0.5, 0.6) is 0 Å². The number of carbonyl (C=O) groups excluding carboxylic acids is 1. The Hall–Kier alpha value is -2.14. The van der Waals surface area contributed by atoms with Crippen LogP contribution in [-0.4, -0.2) is 17.6 Å². The number of hydrogen-bond donors (Lipinski definition) is 2. The van der Waals surface area contributed by atoms with Crippen LogP contribution < -0.4 is 5.32 Å². The number of halogens is 1. The third kappa shape index (κ3) is 3.31. The molecule has 1 atom stereocenters. The smallest absolute Gasteiger partial charge is 0.251 e. The van der Waals surface area contributed by atoms with E-state index in [1.54, 1.807) is 32.9 Å². The second-order valence-corrected chi connectivity index (χ2v) is 5.36. The SMILES string of the molecule is Cc1cc(C(=O)NCC(C)(O)c2ccco2)cc(C)c1F. The predicted octanol–water partition coefficient (Wildman–Crippen LogP) is 2.67. The fourth-order valence-corrected chi connectivity index (χ4v) is 2.10. The lowest BCUT2D eigenvalue weighted by Gasteiger charge is -2.21. The van der Waals surface area contributed by atoms with Crippen molar-refractivity contribution in [2.24, 2.45) is 0 Å². The van der Waals surface area contributed by atoms with E-state index in [1.807, 2.05) is 0 Å². The van der Waals surface area contributed by atoms with Crippen molar-refractivity contribution in [2.75, 3.05) is 6.54 Å². The van der Waals surface area contributed by atoms with Gasteiger partial charge in [0.05, 0.1) is 12.8 Å². The van der Waals surface area contributed by atoms with Gasteiger partial charge in [-0.15, -0.1) is 0 Å². The fraction of sp³-hybridized carbons (Fsp3) is 0.312. The molecule has 112 valence electrons. The third-order valence-electron chi connectivity index (χ3n) is 3.34. The highest BCUT2D eigenvalue weighted by Crippen LogP contribution is 2.20. The summed E-state index contributed by atoms with van der Waals surface area (Å²) in [6, 6.07) is 6.27. The zero-order valence-electron chi connectivity index (χ0n) is 12.2. The number of furan rings is 1. The molecule has 1 aromatic heterocycles. The summed E-state index contributed by atoms with van der Waals surface area (Å²) in [5.41, 5.74) is -0.110. The number of hydrogen-bond acceptors (Lipinski definition) is 3. The summed E-state index contributed by atoms with van der Waals surface area (Å²) in [4.78, 5) is 12.1. The van der Waals surface area contributed by atoms with Crippen molar-refractivity contribution in [1.82, 2.24) is 5.32 Å². The summed E-state index contributed by atoms with van der Waals surface area (Å²) < 4.78 is 18.7.